The van der Waals surface area contributed by atoms with Gasteiger partial charge in [0.15, 0.2) is 6.10 Å². The molecule has 0 bridgehead atoms. The van der Waals surface area contributed by atoms with E-state index < -0.39 is 12.1 Å². The minimum Gasteiger partial charge on any atom is -0.451 e. The van der Waals surface area contributed by atoms with Gasteiger partial charge in [-0.2, -0.15) is 0 Å². The highest BCUT2D eigenvalue weighted by molar-refractivity contribution is 6.01. The molecule has 1 atom stereocenters. The molecule has 0 aliphatic carbocycles. The molecule has 0 aliphatic rings. The van der Waals surface area contributed by atoms with Crippen LogP contribution in [0.4, 0.5) is 0 Å². The van der Waals surface area contributed by atoms with Crippen molar-refractivity contribution >= 4 is 11.8 Å². The number of hydrogen-bond donors (Lipinski definition) is 0. The second kappa shape index (κ2) is 6.35. The van der Waals surface area contributed by atoms with E-state index in [2.05, 4.69) is 0 Å². The fourth-order valence-corrected chi connectivity index (χ4v) is 2.21. The maximum absolute atomic E-state index is 12.2. The van der Waals surface area contributed by atoms with E-state index >= 15 is 0 Å². The van der Waals surface area contributed by atoms with E-state index in [1.165, 1.54) is 0 Å². The Balaban J connectivity index is 2.10. The fraction of sp³-hybridized carbons (Fsp3) is 0.222. The zero-order valence-corrected chi connectivity index (χ0v) is 12.4. The van der Waals surface area contributed by atoms with Gasteiger partial charge in [-0.15, -0.1) is 0 Å². The average Bonchev–Trinajstić information content (AvgIpc) is 2.46. The number of carbonyl (C=O) groups is 2. The van der Waals surface area contributed by atoms with E-state index in [1.807, 2.05) is 26.0 Å². The van der Waals surface area contributed by atoms with Crippen LogP contribution in [0.3, 0.4) is 0 Å². The van der Waals surface area contributed by atoms with Gasteiger partial charge in [0.2, 0.25) is 5.78 Å². The zero-order valence-electron chi connectivity index (χ0n) is 12.4. The quantitative estimate of drug-likeness (QED) is 0.634. The standard InChI is InChI=1S/C18H18O3/c1-12-9-13(2)11-16(10-12)18(20)21-14(3)17(19)15-7-5-4-6-8-15/h4-11,14H,1-3H3. The van der Waals surface area contributed by atoms with Crippen LogP contribution in [0.15, 0.2) is 48.5 Å². The number of ketones is 1. The molecule has 0 amide bonds. The highest BCUT2D eigenvalue weighted by Gasteiger charge is 2.20. The second-order valence-electron chi connectivity index (χ2n) is 5.15. The van der Waals surface area contributed by atoms with Gasteiger partial charge < -0.3 is 4.74 Å². The lowest BCUT2D eigenvalue weighted by molar-refractivity contribution is 0.0318. The topological polar surface area (TPSA) is 43.4 Å². The van der Waals surface area contributed by atoms with Crippen molar-refractivity contribution < 1.29 is 14.3 Å². The van der Waals surface area contributed by atoms with Crippen LogP contribution >= 0.6 is 0 Å². The van der Waals surface area contributed by atoms with Crippen LogP contribution in [-0.4, -0.2) is 17.9 Å². The van der Waals surface area contributed by atoms with Gasteiger partial charge in [0.1, 0.15) is 0 Å². The molecule has 0 aliphatic heterocycles. The van der Waals surface area contributed by atoms with Gasteiger partial charge in [-0.05, 0) is 32.9 Å². The molecule has 2 rings (SSSR count). The number of Topliss-reactive ketones (excluding diaryl/α,β-unsaturated/α-hetero) is 1. The molecular weight excluding hydrogens is 264 g/mol. The van der Waals surface area contributed by atoms with E-state index in [4.69, 9.17) is 4.74 Å². The Kier molecular flexibility index (Phi) is 4.53. The summed E-state index contributed by atoms with van der Waals surface area (Å²) in [5, 5.41) is 0. The summed E-state index contributed by atoms with van der Waals surface area (Å²) in [7, 11) is 0. The van der Waals surface area contributed by atoms with Crippen molar-refractivity contribution in [2.45, 2.75) is 26.9 Å². The zero-order chi connectivity index (χ0) is 15.4. The van der Waals surface area contributed by atoms with E-state index in [-0.39, 0.29) is 5.78 Å². The third kappa shape index (κ3) is 3.78. The highest BCUT2D eigenvalue weighted by atomic mass is 16.5. The van der Waals surface area contributed by atoms with Crippen molar-refractivity contribution in [3.05, 3.63) is 70.8 Å². The van der Waals surface area contributed by atoms with Crippen LogP contribution < -0.4 is 0 Å². The Bertz CT molecular complexity index is 639. The molecule has 2 aromatic carbocycles. The molecule has 21 heavy (non-hydrogen) atoms. The molecular formula is C18H18O3. The van der Waals surface area contributed by atoms with Crippen molar-refractivity contribution in [2.75, 3.05) is 0 Å². The number of benzene rings is 2. The number of hydrogen-bond acceptors (Lipinski definition) is 3. The number of aryl methyl sites for hydroxylation is 2. The summed E-state index contributed by atoms with van der Waals surface area (Å²) in [6.07, 6.45) is -0.805. The van der Waals surface area contributed by atoms with Gasteiger partial charge in [-0.1, -0.05) is 47.5 Å². The Hall–Kier alpha value is -2.42. The lowest BCUT2D eigenvalue weighted by Crippen LogP contribution is -2.24. The molecule has 0 radical (unpaired) electrons. The molecule has 2 aromatic rings. The summed E-state index contributed by atoms with van der Waals surface area (Å²) in [6, 6.07) is 14.3. The van der Waals surface area contributed by atoms with Crippen LogP contribution in [0.5, 0.6) is 0 Å². The maximum Gasteiger partial charge on any atom is 0.338 e. The smallest absolute Gasteiger partial charge is 0.338 e. The van der Waals surface area contributed by atoms with Crippen LogP contribution in [0.25, 0.3) is 0 Å². The molecule has 0 N–H and O–H groups in total. The van der Waals surface area contributed by atoms with Crippen LogP contribution in [-0.2, 0) is 4.74 Å². The molecule has 0 spiro atoms. The third-order valence-electron chi connectivity index (χ3n) is 3.17. The van der Waals surface area contributed by atoms with Gasteiger partial charge in [-0.3, -0.25) is 4.79 Å². The molecule has 3 heteroatoms. The first-order valence-corrected chi connectivity index (χ1v) is 6.86. The minimum atomic E-state index is -0.805. The average molecular weight is 282 g/mol. The predicted octanol–water partition coefficient (Wildman–Crippen LogP) is 3.73. The monoisotopic (exact) mass is 282 g/mol. The minimum absolute atomic E-state index is 0.201. The van der Waals surface area contributed by atoms with Gasteiger partial charge in [0, 0.05) is 5.56 Å². The van der Waals surface area contributed by atoms with Crippen molar-refractivity contribution in [2.24, 2.45) is 0 Å². The van der Waals surface area contributed by atoms with E-state index in [1.54, 1.807) is 43.3 Å². The molecule has 0 saturated carbocycles. The Labute approximate surface area is 124 Å². The largest absolute Gasteiger partial charge is 0.451 e. The number of rotatable bonds is 4. The normalized spacial score (nSPS) is 11.8. The molecule has 108 valence electrons. The van der Waals surface area contributed by atoms with E-state index in [0.29, 0.717) is 11.1 Å². The first kappa shape index (κ1) is 15.0. The first-order chi connectivity index (χ1) is 9.97. The lowest BCUT2D eigenvalue weighted by Gasteiger charge is -2.13. The van der Waals surface area contributed by atoms with Crippen LogP contribution in [0, 0.1) is 13.8 Å². The van der Waals surface area contributed by atoms with E-state index in [9.17, 15) is 9.59 Å². The highest BCUT2D eigenvalue weighted by Crippen LogP contribution is 2.13. The summed E-state index contributed by atoms with van der Waals surface area (Å²) in [6.45, 7) is 5.43. The summed E-state index contributed by atoms with van der Waals surface area (Å²) in [4.78, 5) is 24.3. The molecule has 0 saturated heterocycles. The number of carbonyl (C=O) groups excluding carboxylic acids is 2. The van der Waals surface area contributed by atoms with Crippen molar-refractivity contribution in [1.29, 1.82) is 0 Å². The number of esters is 1. The predicted molar refractivity (Wildman–Crippen MR) is 81.6 cm³/mol. The van der Waals surface area contributed by atoms with Crippen molar-refractivity contribution in [3.63, 3.8) is 0 Å². The lowest BCUT2D eigenvalue weighted by atomic mass is 10.1. The van der Waals surface area contributed by atoms with Crippen molar-refractivity contribution in [3.8, 4) is 0 Å². The Morgan fingerprint density at radius 1 is 0.905 bits per heavy atom. The molecule has 0 fully saturated rings. The van der Waals surface area contributed by atoms with Gasteiger partial charge in [-0.25, -0.2) is 4.79 Å². The molecule has 1 unspecified atom stereocenters. The molecule has 0 heterocycles. The second-order valence-corrected chi connectivity index (χ2v) is 5.15. The molecule has 0 aromatic heterocycles. The summed E-state index contributed by atoms with van der Waals surface area (Å²) in [5.41, 5.74) is 2.99. The maximum atomic E-state index is 12.2. The number of ether oxygens (including phenoxy) is 1. The van der Waals surface area contributed by atoms with Crippen LogP contribution in [0.2, 0.25) is 0 Å². The summed E-state index contributed by atoms with van der Waals surface area (Å²) < 4.78 is 5.27. The first-order valence-electron chi connectivity index (χ1n) is 6.86. The summed E-state index contributed by atoms with van der Waals surface area (Å²) >= 11 is 0. The fourth-order valence-electron chi connectivity index (χ4n) is 2.21. The Morgan fingerprint density at radius 3 is 2.05 bits per heavy atom. The van der Waals surface area contributed by atoms with Crippen molar-refractivity contribution in [1.82, 2.24) is 0 Å². The third-order valence-corrected chi connectivity index (χ3v) is 3.17. The Morgan fingerprint density at radius 2 is 1.48 bits per heavy atom. The van der Waals surface area contributed by atoms with Crippen LogP contribution in [0.1, 0.15) is 38.8 Å². The SMILES string of the molecule is Cc1cc(C)cc(C(=O)OC(C)C(=O)c2ccccc2)c1. The summed E-state index contributed by atoms with van der Waals surface area (Å²) in [5.74, 6) is -0.674. The van der Waals surface area contributed by atoms with Gasteiger partial charge in [0.05, 0.1) is 5.56 Å². The van der Waals surface area contributed by atoms with Gasteiger partial charge in [0.25, 0.3) is 0 Å². The van der Waals surface area contributed by atoms with E-state index in [0.717, 1.165) is 11.1 Å². The molecule has 3 nitrogen and oxygen atoms in total. The van der Waals surface area contributed by atoms with Gasteiger partial charge >= 0.3 is 5.97 Å².